The van der Waals surface area contributed by atoms with Crippen LogP contribution < -0.4 is 0 Å². The molecule has 0 amide bonds. The van der Waals surface area contributed by atoms with Crippen LogP contribution in [0.15, 0.2) is 17.1 Å². The van der Waals surface area contributed by atoms with Gasteiger partial charge in [-0.1, -0.05) is 36.4 Å². The van der Waals surface area contributed by atoms with Crippen molar-refractivity contribution < 1.29 is 0 Å². The van der Waals surface area contributed by atoms with Crippen molar-refractivity contribution >= 4 is 15.9 Å². The highest BCUT2D eigenvalue weighted by atomic mass is 79.9. The van der Waals surface area contributed by atoms with Crippen molar-refractivity contribution in [3.05, 3.63) is 28.5 Å². The van der Waals surface area contributed by atoms with Gasteiger partial charge in [0.1, 0.15) is 0 Å². The van der Waals surface area contributed by atoms with E-state index >= 15 is 0 Å². The van der Waals surface area contributed by atoms with Gasteiger partial charge in [0.15, 0.2) is 0 Å². The summed E-state index contributed by atoms with van der Waals surface area (Å²) in [5.41, 5.74) is 2.43. The fraction of sp³-hybridized carbons (Fsp3) is 0.500. The first-order chi connectivity index (χ1) is 6.17. The summed E-state index contributed by atoms with van der Waals surface area (Å²) >= 11 is 3.35. The molecule has 0 bridgehead atoms. The van der Waals surface area contributed by atoms with Gasteiger partial charge in [0.25, 0.3) is 0 Å². The third kappa shape index (κ3) is 2.69. The van der Waals surface area contributed by atoms with Crippen molar-refractivity contribution in [1.82, 2.24) is 9.78 Å². The van der Waals surface area contributed by atoms with Crippen LogP contribution in [0.3, 0.4) is 0 Å². The van der Waals surface area contributed by atoms with E-state index in [1.54, 1.807) is 0 Å². The third-order valence-corrected chi connectivity index (χ3v) is 2.21. The molecule has 0 aliphatic rings. The van der Waals surface area contributed by atoms with Gasteiger partial charge in [-0.05, 0) is 18.9 Å². The minimum atomic E-state index is 0.767. The minimum Gasteiger partial charge on any atom is -0.264 e. The van der Waals surface area contributed by atoms with Crippen molar-refractivity contribution in [3.63, 3.8) is 0 Å². The largest absolute Gasteiger partial charge is 0.264 e. The van der Waals surface area contributed by atoms with E-state index in [1.165, 1.54) is 5.69 Å². The fourth-order valence-corrected chi connectivity index (χ4v) is 1.51. The average molecular weight is 243 g/mol. The van der Waals surface area contributed by atoms with Crippen molar-refractivity contribution in [2.75, 3.05) is 0 Å². The first-order valence-corrected chi connectivity index (χ1v) is 5.35. The van der Waals surface area contributed by atoms with E-state index in [-0.39, 0.29) is 0 Å². The summed E-state index contributed by atoms with van der Waals surface area (Å²) in [6.45, 7) is 8.85. The molecule has 1 aromatic rings. The van der Waals surface area contributed by atoms with Gasteiger partial charge in [-0.25, -0.2) is 0 Å². The predicted molar refractivity (Wildman–Crippen MR) is 59.1 cm³/mol. The van der Waals surface area contributed by atoms with E-state index in [9.17, 15) is 0 Å². The van der Waals surface area contributed by atoms with Crippen LogP contribution in [0, 0.1) is 0 Å². The molecule has 1 rings (SSSR count). The van der Waals surface area contributed by atoms with Gasteiger partial charge in [-0.3, -0.25) is 4.68 Å². The number of aryl methyl sites for hydroxylation is 2. The van der Waals surface area contributed by atoms with Crippen LogP contribution in [-0.4, -0.2) is 9.78 Å². The first-order valence-electron chi connectivity index (χ1n) is 4.56. The second kappa shape index (κ2) is 4.61. The van der Waals surface area contributed by atoms with Crippen LogP contribution in [-0.2, 0) is 19.4 Å². The molecule has 0 aromatic carbocycles. The molecule has 0 saturated carbocycles. The number of hydrogen-bond acceptors (Lipinski definition) is 1. The smallest absolute Gasteiger partial charge is 0.0721 e. The molecule has 0 atom stereocenters. The van der Waals surface area contributed by atoms with E-state index in [0.717, 1.165) is 29.6 Å². The maximum absolute atomic E-state index is 4.47. The van der Waals surface area contributed by atoms with Crippen LogP contribution in [0.1, 0.15) is 25.2 Å². The van der Waals surface area contributed by atoms with Crippen LogP contribution >= 0.6 is 15.9 Å². The SMILES string of the molecule is C=C(Br)Cn1nc(CC)cc1CC. The van der Waals surface area contributed by atoms with Gasteiger partial charge in [-0.15, -0.1) is 0 Å². The number of allylic oxidation sites excluding steroid dienone is 1. The van der Waals surface area contributed by atoms with Crippen molar-refractivity contribution in [2.45, 2.75) is 33.2 Å². The number of halogens is 1. The molecule has 0 fully saturated rings. The van der Waals surface area contributed by atoms with Crippen molar-refractivity contribution in [2.24, 2.45) is 0 Å². The second-order valence-electron chi connectivity index (χ2n) is 3.01. The zero-order valence-electron chi connectivity index (χ0n) is 8.18. The molecule has 0 spiro atoms. The molecular formula is C10H15BrN2. The Kier molecular flexibility index (Phi) is 3.72. The third-order valence-electron chi connectivity index (χ3n) is 1.96. The lowest BCUT2D eigenvalue weighted by molar-refractivity contribution is 0.649. The van der Waals surface area contributed by atoms with Crippen molar-refractivity contribution in [1.29, 1.82) is 0 Å². The molecule has 2 nitrogen and oxygen atoms in total. The normalized spacial score (nSPS) is 10.4. The first kappa shape index (κ1) is 10.5. The van der Waals surface area contributed by atoms with E-state index in [1.807, 2.05) is 4.68 Å². The Morgan fingerprint density at radius 1 is 1.54 bits per heavy atom. The summed E-state index contributed by atoms with van der Waals surface area (Å²) in [6.07, 6.45) is 2.02. The fourth-order valence-electron chi connectivity index (χ4n) is 1.27. The lowest BCUT2D eigenvalue weighted by Gasteiger charge is -2.03. The topological polar surface area (TPSA) is 17.8 Å². The Morgan fingerprint density at radius 2 is 2.23 bits per heavy atom. The van der Waals surface area contributed by atoms with Gasteiger partial charge in [0.05, 0.1) is 12.2 Å². The van der Waals surface area contributed by atoms with Crippen LogP contribution in [0.25, 0.3) is 0 Å². The Labute approximate surface area is 87.8 Å². The second-order valence-corrected chi connectivity index (χ2v) is 4.13. The molecule has 0 N–H and O–H groups in total. The molecule has 13 heavy (non-hydrogen) atoms. The molecule has 1 heterocycles. The summed E-state index contributed by atoms with van der Waals surface area (Å²) < 4.78 is 2.98. The van der Waals surface area contributed by atoms with E-state index in [0.29, 0.717) is 0 Å². The standard InChI is InChI=1S/C10H15BrN2/c1-4-9-6-10(5-2)13(12-9)7-8(3)11/h6H,3-5,7H2,1-2H3. The average Bonchev–Trinajstić information content (AvgIpc) is 2.46. The zero-order chi connectivity index (χ0) is 9.84. The number of rotatable bonds is 4. The molecule has 72 valence electrons. The van der Waals surface area contributed by atoms with Crippen LogP contribution in [0.4, 0.5) is 0 Å². The predicted octanol–water partition coefficient (Wildman–Crippen LogP) is 2.92. The van der Waals surface area contributed by atoms with Crippen LogP contribution in [0.2, 0.25) is 0 Å². The number of aromatic nitrogens is 2. The van der Waals surface area contributed by atoms with Crippen molar-refractivity contribution in [3.8, 4) is 0 Å². The molecule has 0 aliphatic carbocycles. The van der Waals surface area contributed by atoms with E-state index < -0.39 is 0 Å². The van der Waals surface area contributed by atoms with Crippen LogP contribution in [0.5, 0.6) is 0 Å². The van der Waals surface area contributed by atoms with E-state index in [2.05, 4.69) is 47.5 Å². The summed E-state index contributed by atoms with van der Waals surface area (Å²) in [7, 11) is 0. The monoisotopic (exact) mass is 242 g/mol. The number of hydrogen-bond donors (Lipinski definition) is 0. The summed E-state index contributed by atoms with van der Waals surface area (Å²) in [6, 6.07) is 2.16. The van der Waals surface area contributed by atoms with Gasteiger partial charge >= 0.3 is 0 Å². The molecule has 1 aromatic heterocycles. The van der Waals surface area contributed by atoms with Gasteiger partial charge in [0, 0.05) is 10.2 Å². The highest BCUT2D eigenvalue weighted by molar-refractivity contribution is 9.11. The molecule has 0 saturated heterocycles. The Bertz CT molecular complexity index is 302. The van der Waals surface area contributed by atoms with E-state index in [4.69, 9.17) is 0 Å². The Morgan fingerprint density at radius 3 is 2.69 bits per heavy atom. The quantitative estimate of drug-likeness (QED) is 0.795. The summed E-state index contributed by atoms with van der Waals surface area (Å²) in [4.78, 5) is 0. The highest BCUT2D eigenvalue weighted by Gasteiger charge is 2.04. The summed E-state index contributed by atoms with van der Waals surface area (Å²) in [5, 5.41) is 4.47. The summed E-state index contributed by atoms with van der Waals surface area (Å²) in [5.74, 6) is 0. The van der Waals surface area contributed by atoms with Gasteiger partial charge < -0.3 is 0 Å². The lowest BCUT2D eigenvalue weighted by Crippen LogP contribution is -2.04. The minimum absolute atomic E-state index is 0.767. The van der Waals surface area contributed by atoms with Gasteiger partial charge in [0.2, 0.25) is 0 Å². The lowest BCUT2D eigenvalue weighted by atomic mass is 10.3. The van der Waals surface area contributed by atoms with Gasteiger partial charge in [-0.2, -0.15) is 5.10 Å². The Hall–Kier alpha value is -0.570. The molecule has 0 radical (unpaired) electrons. The zero-order valence-corrected chi connectivity index (χ0v) is 9.76. The maximum atomic E-state index is 4.47. The maximum Gasteiger partial charge on any atom is 0.0721 e. The molecule has 0 aliphatic heterocycles. The molecular weight excluding hydrogens is 228 g/mol. The molecule has 3 heteroatoms. The highest BCUT2D eigenvalue weighted by Crippen LogP contribution is 2.11. The number of nitrogens with zero attached hydrogens (tertiary/aromatic N) is 2. The Balaban J connectivity index is 2.90. The molecule has 0 unspecified atom stereocenters.